The molecule has 3 aliphatic rings. The fraction of sp³-hybridized carbons (Fsp3) is 0.591. The fourth-order valence-electron chi connectivity index (χ4n) is 4.48. The standard InChI is InChI=1S/C22H32N4O5S/c1-25(2)32(28,29)26-13-11-22(12-14-26)15-19(24-31-22)21(27)23-18-9-6-10-20(18)30-16-17-7-4-3-5-8-17/h3-5,7-8,15,18,20,24H,6,9-14,16H2,1-2H3,(H,23,27). The van der Waals surface area contributed by atoms with Crippen LogP contribution >= 0.6 is 0 Å². The van der Waals surface area contributed by atoms with Crippen molar-refractivity contribution in [3.63, 3.8) is 0 Å². The lowest BCUT2D eigenvalue weighted by Gasteiger charge is -2.36. The van der Waals surface area contributed by atoms with Crippen LogP contribution in [0.4, 0.5) is 0 Å². The van der Waals surface area contributed by atoms with E-state index in [-0.39, 0.29) is 18.1 Å². The molecule has 4 rings (SSSR count). The van der Waals surface area contributed by atoms with Gasteiger partial charge in [0.15, 0.2) is 0 Å². The lowest BCUT2D eigenvalue weighted by molar-refractivity contribution is -0.121. The predicted octanol–water partition coefficient (Wildman–Crippen LogP) is 1.30. The molecule has 2 N–H and O–H groups in total. The van der Waals surface area contributed by atoms with Gasteiger partial charge in [0.05, 0.1) is 18.8 Å². The van der Waals surface area contributed by atoms with Gasteiger partial charge < -0.3 is 10.1 Å². The zero-order valence-corrected chi connectivity index (χ0v) is 19.4. The first-order valence-electron chi connectivity index (χ1n) is 11.1. The lowest BCUT2D eigenvalue weighted by atomic mass is 9.92. The highest BCUT2D eigenvalue weighted by molar-refractivity contribution is 7.86. The van der Waals surface area contributed by atoms with Crippen molar-refractivity contribution >= 4 is 16.1 Å². The van der Waals surface area contributed by atoms with E-state index in [0.717, 1.165) is 24.8 Å². The number of hydrogen-bond donors (Lipinski definition) is 2. The Morgan fingerprint density at radius 3 is 2.66 bits per heavy atom. The smallest absolute Gasteiger partial charge is 0.281 e. The number of ether oxygens (including phenoxy) is 1. The van der Waals surface area contributed by atoms with Gasteiger partial charge in [-0.15, -0.1) is 0 Å². The summed E-state index contributed by atoms with van der Waals surface area (Å²) in [4.78, 5) is 18.6. The Morgan fingerprint density at radius 1 is 1.25 bits per heavy atom. The summed E-state index contributed by atoms with van der Waals surface area (Å²) < 4.78 is 33.4. The number of nitrogens with one attached hydrogen (secondary N) is 2. The van der Waals surface area contributed by atoms with E-state index in [0.29, 0.717) is 38.2 Å². The minimum Gasteiger partial charge on any atom is -0.371 e. The minimum absolute atomic E-state index is 0.0180. The van der Waals surface area contributed by atoms with E-state index < -0.39 is 15.8 Å². The summed E-state index contributed by atoms with van der Waals surface area (Å²) in [5.74, 6) is -0.217. The fourth-order valence-corrected chi connectivity index (χ4v) is 5.58. The normalized spacial score (nSPS) is 25.7. The van der Waals surface area contributed by atoms with Crippen LogP contribution < -0.4 is 10.8 Å². The Kier molecular flexibility index (Phi) is 6.87. The van der Waals surface area contributed by atoms with Crippen LogP contribution in [0.1, 0.15) is 37.7 Å². The van der Waals surface area contributed by atoms with Gasteiger partial charge >= 0.3 is 0 Å². The van der Waals surface area contributed by atoms with Crippen molar-refractivity contribution in [3.05, 3.63) is 47.7 Å². The van der Waals surface area contributed by atoms with Crippen molar-refractivity contribution < 1.29 is 22.8 Å². The number of hydroxylamine groups is 1. The Labute approximate surface area is 189 Å². The van der Waals surface area contributed by atoms with Crippen LogP contribution in [0.5, 0.6) is 0 Å². The van der Waals surface area contributed by atoms with Crippen LogP contribution in [0, 0.1) is 0 Å². The predicted molar refractivity (Wildman–Crippen MR) is 119 cm³/mol. The Morgan fingerprint density at radius 2 is 1.97 bits per heavy atom. The number of carbonyl (C=O) groups is 1. The molecule has 10 heteroatoms. The molecule has 1 saturated heterocycles. The number of nitrogens with zero attached hydrogens (tertiary/aromatic N) is 2. The highest BCUT2D eigenvalue weighted by Crippen LogP contribution is 2.33. The maximum atomic E-state index is 12.9. The van der Waals surface area contributed by atoms with E-state index in [2.05, 4.69) is 10.8 Å². The Hall–Kier alpha value is -1.98. The van der Waals surface area contributed by atoms with Crippen LogP contribution in [-0.2, 0) is 31.2 Å². The van der Waals surface area contributed by atoms with E-state index in [1.807, 2.05) is 30.3 Å². The molecule has 1 aliphatic carbocycles. The molecule has 176 valence electrons. The van der Waals surface area contributed by atoms with Crippen LogP contribution in [-0.4, -0.2) is 67.9 Å². The first-order valence-corrected chi connectivity index (χ1v) is 12.5. The molecule has 2 unspecified atom stereocenters. The van der Waals surface area contributed by atoms with Gasteiger partial charge in [0.25, 0.3) is 16.1 Å². The van der Waals surface area contributed by atoms with E-state index in [1.54, 1.807) is 6.08 Å². The highest BCUT2D eigenvalue weighted by Gasteiger charge is 2.43. The second-order valence-electron chi connectivity index (χ2n) is 8.86. The van der Waals surface area contributed by atoms with Crippen LogP contribution in [0.15, 0.2) is 42.1 Å². The van der Waals surface area contributed by atoms with Gasteiger partial charge in [-0.2, -0.15) is 17.0 Å². The zero-order valence-electron chi connectivity index (χ0n) is 18.6. The molecular formula is C22H32N4O5S. The summed E-state index contributed by atoms with van der Waals surface area (Å²) in [6, 6.07) is 9.97. The summed E-state index contributed by atoms with van der Waals surface area (Å²) in [6.07, 6.45) is 5.55. The third-order valence-electron chi connectivity index (χ3n) is 6.45. The van der Waals surface area contributed by atoms with Crippen molar-refractivity contribution in [2.24, 2.45) is 0 Å². The molecule has 1 aromatic rings. The highest BCUT2D eigenvalue weighted by atomic mass is 32.2. The molecule has 1 saturated carbocycles. The van der Waals surface area contributed by atoms with Gasteiger partial charge in [-0.05, 0) is 43.7 Å². The summed E-state index contributed by atoms with van der Waals surface area (Å²) in [7, 11) is -0.400. The van der Waals surface area contributed by atoms with Crippen molar-refractivity contribution in [3.8, 4) is 0 Å². The van der Waals surface area contributed by atoms with Crippen molar-refractivity contribution in [1.82, 2.24) is 19.4 Å². The molecule has 32 heavy (non-hydrogen) atoms. The molecule has 2 aliphatic heterocycles. The Bertz CT molecular complexity index is 942. The van der Waals surface area contributed by atoms with Gasteiger partial charge in [-0.1, -0.05) is 30.3 Å². The molecule has 2 atom stereocenters. The van der Waals surface area contributed by atoms with Crippen molar-refractivity contribution in [2.45, 2.75) is 56.5 Å². The number of hydrogen-bond acceptors (Lipinski definition) is 6. The number of carbonyl (C=O) groups excluding carboxylic acids is 1. The number of piperidine rings is 1. The van der Waals surface area contributed by atoms with Gasteiger partial charge in [0.1, 0.15) is 11.3 Å². The summed E-state index contributed by atoms with van der Waals surface area (Å²) in [6.45, 7) is 1.20. The monoisotopic (exact) mass is 464 g/mol. The largest absolute Gasteiger partial charge is 0.371 e. The zero-order chi connectivity index (χ0) is 22.8. The molecule has 0 bridgehead atoms. The quantitative estimate of drug-likeness (QED) is 0.631. The molecule has 0 radical (unpaired) electrons. The molecule has 2 fully saturated rings. The number of rotatable bonds is 7. The van der Waals surface area contributed by atoms with Crippen LogP contribution in [0.25, 0.3) is 0 Å². The van der Waals surface area contributed by atoms with Gasteiger partial charge in [0, 0.05) is 27.2 Å². The topological polar surface area (TPSA) is 100 Å². The van der Waals surface area contributed by atoms with Gasteiger partial charge in [-0.25, -0.2) is 0 Å². The van der Waals surface area contributed by atoms with Gasteiger partial charge in [0.2, 0.25) is 0 Å². The third kappa shape index (κ3) is 4.99. The van der Waals surface area contributed by atoms with E-state index in [1.165, 1.54) is 22.7 Å². The summed E-state index contributed by atoms with van der Waals surface area (Å²) in [5, 5.41) is 3.09. The lowest BCUT2D eigenvalue weighted by Crippen LogP contribution is -2.49. The van der Waals surface area contributed by atoms with Crippen molar-refractivity contribution in [1.29, 1.82) is 0 Å². The second-order valence-corrected chi connectivity index (χ2v) is 11.0. The molecule has 2 heterocycles. The first kappa shape index (κ1) is 23.2. The molecule has 1 aromatic carbocycles. The first-order chi connectivity index (χ1) is 15.3. The van der Waals surface area contributed by atoms with Crippen molar-refractivity contribution in [2.75, 3.05) is 27.2 Å². The summed E-state index contributed by atoms with van der Waals surface area (Å²) >= 11 is 0. The second kappa shape index (κ2) is 9.48. The van der Waals surface area contributed by atoms with E-state index in [9.17, 15) is 13.2 Å². The minimum atomic E-state index is -3.45. The van der Waals surface area contributed by atoms with Crippen LogP contribution in [0.2, 0.25) is 0 Å². The SMILES string of the molecule is CN(C)S(=O)(=O)N1CCC2(C=C(C(=O)NC3CCCC3OCc3ccccc3)NO2)CC1. The molecular weight excluding hydrogens is 432 g/mol. The third-order valence-corrected chi connectivity index (χ3v) is 8.39. The summed E-state index contributed by atoms with van der Waals surface area (Å²) in [5.41, 5.74) is 3.60. The molecule has 1 amide bonds. The van der Waals surface area contributed by atoms with Gasteiger partial charge in [-0.3, -0.25) is 15.1 Å². The maximum Gasteiger partial charge on any atom is 0.281 e. The number of benzene rings is 1. The average Bonchev–Trinajstić information content (AvgIpc) is 3.40. The molecule has 1 spiro atoms. The molecule has 9 nitrogen and oxygen atoms in total. The van der Waals surface area contributed by atoms with E-state index in [4.69, 9.17) is 9.57 Å². The molecule has 0 aromatic heterocycles. The van der Waals surface area contributed by atoms with E-state index >= 15 is 0 Å². The number of amides is 1. The average molecular weight is 465 g/mol. The van der Waals surface area contributed by atoms with Crippen LogP contribution in [0.3, 0.4) is 0 Å². The maximum absolute atomic E-state index is 12.9. The Balaban J connectivity index is 1.32.